The van der Waals surface area contributed by atoms with Gasteiger partial charge in [-0.15, -0.1) is 9.89 Å². The van der Waals surface area contributed by atoms with E-state index in [1.165, 1.54) is 13.3 Å². The van der Waals surface area contributed by atoms with Gasteiger partial charge in [0.15, 0.2) is 0 Å². The Morgan fingerprint density at radius 2 is 2.11 bits per heavy atom. The van der Waals surface area contributed by atoms with E-state index in [2.05, 4.69) is 20.7 Å². The molecule has 7 nitrogen and oxygen atoms in total. The summed E-state index contributed by atoms with van der Waals surface area (Å²) < 4.78 is 0. The maximum absolute atomic E-state index is 11.7. The lowest BCUT2D eigenvalue weighted by molar-refractivity contribution is 0.0957. The molecule has 7 heteroatoms. The number of aryl methyl sites for hydroxylation is 1. The van der Waals surface area contributed by atoms with Crippen LogP contribution in [0.4, 0.5) is 0 Å². The fraction of sp³-hybridized carbons (Fsp3) is 0.167. The summed E-state index contributed by atoms with van der Waals surface area (Å²) in [5, 5.41) is 12.2. The summed E-state index contributed by atoms with van der Waals surface area (Å²) >= 11 is 0. The van der Waals surface area contributed by atoms with E-state index in [9.17, 15) is 9.59 Å². The van der Waals surface area contributed by atoms with E-state index in [0.717, 1.165) is 15.9 Å². The van der Waals surface area contributed by atoms with Gasteiger partial charge in [-0.3, -0.25) is 9.59 Å². The third-order valence-corrected chi connectivity index (χ3v) is 2.49. The Morgan fingerprint density at radius 1 is 1.42 bits per heavy atom. The molecule has 1 amide bonds. The average Bonchev–Trinajstić information content (AvgIpc) is 2.79. The largest absolute Gasteiger partial charge is 0.354 e. The molecule has 0 unspecified atom stereocenters. The number of hydrogen-bond acceptors (Lipinski definition) is 4. The Balaban J connectivity index is 2.25. The maximum Gasteiger partial charge on any atom is 0.320 e. The molecule has 0 fully saturated rings. The van der Waals surface area contributed by atoms with E-state index >= 15 is 0 Å². The van der Waals surface area contributed by atoms with Crippen LogP contribution in [0.15, 0.2) is 34.2 Å². The minimum absolute atomic E-state index is 0.219. The second kappa shape index (κ2) is 5.30. The van der Waals surface area contributed by atoms with Crippen molar-refractivity contribution in [2.45, 2.75) is 6.92 Å². The number of hydrogen-bond donors (Lipinski definition) is 2. The summed E-state index contributed by atoms with van der Waals surface area (Å²) in [6.07, 6.45) is 1.51. The molecule has 19 heavy (non-hydrogen) atoms. The third kappa shape index (κ3) is 2.76. The highest BCUT2D eigenvalue weighted by atomic mass is 16.2. The van der Waals surface area contributed by atoms with E-state index in [0.29, 0.717) is 0 Å². The van der Waals surface area contributed by atoms with Crippen molar-refractivity contribution in [1.82, 2.24) is 20.4 Å². The van der Waals surface area contributed by atoms with Crippen molar-refractivity contribution in [3.8, 4) is 0 Å². The number of H-pyrrole nitrogens is 1. The lowest BCUT2D eigenvalue weighted by atomic mass is 10.2. The third-order valence-electron chi connectivity index (χ3n) is 2.49. The molecule has 2 aromatic rings. The molecule has 1 aromatic heterocycles. The van der Waals surface area contributed by atoms with Crippen LogP contribution in [0.25, 0.3) is 0 Å². The molecule has 2 rings (SSSR count). The molecule has 0 bridgehead atoms. The molecule has 0 saturated carbocycles. The fourth-order valence-electron chi connectivity index (χ4n) is 1.41. The summed E-state index contributed by atoms with van der Waals surface area (Å²) in [6.45, 7) is 1.98. The van der Waals surface area contributed by atoms with Crippen molar-refractivity contribution in [2.75, 3.05) is 7.05 Å². The predicted molar refractivity (Wildman–Crippen MR) is 70.4 cm³/mol. The van der Waals surface area contributed by atoms with Crippen LogP contribution in [0, 0.1) is 6.92 Å². The second-order valence-electron chi connectivity index (χ2n) is 3.91. The number of amides is 1. The van der Waals surface area contributed by atoms with Gasteiger partial charge in [-0.05, 0) is 12.5 Å². The monoisotopic (exact) mass is 259 g/mol. The molecule has 1 heterocycles. The number of aromatic amines is 1. The lowest BCUT2D eigenvalue weighted by Crippen LogP contribution is -2.26. The number of nitrogens with one attached hydrogen (secondary N) is 2. The van der Waals surface area contributed by atoms with Gasteiger partial charge in [0.25, 0.3) is 5.91 Å². The van der Waals surface area contributed by atoms with E-state index in [4.69, 9.17) is 0 Å². The van der Waals surface area contributed by atoms with Gasteiger partial charge in [-0.1, -0.05) is 29.8 Å². The summed E-state index contributed by atoms with van der Waals surface area (Å²) in [4.78, 5) is 23.9. The Morgan fingerprint density at radius 3 is 2.74 bits per heavy atom. The first-order chi connectivity index (χ1) is 9.11. The maximum atomic E-state index is 11.7. The minimum Gasteiger partial charge on any atom is -0.354 e. The van der Waals surface area contributed by atoms with Crippen molar-refractivity contribution >= 4 is 12.1 Å². The highest BCUT2D eigenvalue weighted by Gasteiger charge is 2.14. The number of carbonyl (C=O) groups excluding carboxylic acids is 1. The molecule has 0 saturated heterocycles. The minimum atomic E-state index is -0.595. The first-order valence-electron chi connectivity index (χ1n) is 5.62. The molecular formula is C12H13N5O2. The molecule has 0 aliphatic heterocycles. The van der Waals surface area contributed by atoms with Crippen molar-refractivity contribution in [3.05, 3.63) is 51.4 Å². The van der Waals surface area contributed by atoms with E-state index in [1.807, 2.05) is 31.2 Å². The number of carbonyl (C=O) groups is 1. The fourth-order valence-corrected chi connectivity index (χ4v) is 1.41. The Bertz CT molecular complexity index is 666. The van der Waals surface area contributed by atoms with Crippen molar-refractivity contribution in [2.24, 2.45) is 5.10 Å². The SMILES string of the molecule is CNC(=O)c1n[nH]n(N=Cc2ccc(C)cc2)c1=O. The molecular weight excluding hydrogens is 246 g/mol. The summed E-state index contributed by atoms with van der Waals surface area (Å²) in [5.74, 6) is -0.550. The second-order valence-corrected chi connectivity index (χ2v) is 3.91. The molecule has 0 spiro atoms. The Hall–Kier alpha value is -2.70. The van der Waals surface area contributed by atoms with Gasteiger partial charge in [0, 0.05) is 7.05 Å². The predicted octanol–water partition coefficient (Wildman–Crippen LogP) is 0.122. The summed E-state index contributed by atoms with van der Waals surface area (Å²) in [7, 11) is 1.43. The van der Waals surface area contributed by atoms with Crippen LogP contribution in [0.3, 0.4) is 0 Å². The van der Waals surface area contributed by atoms with Gasteiger partial charge < -0.3 is 5.32 Å². The van der Waals surface area contributed by atoms with Gasteiger partial charge >= 0.3 is 5.56 Å². The molecule has 1 aromatic carbocycles. The number of aromatic nitrogens is 3. The number of rotatable bonds is 3. The topological polar surface area (TPSA) is 92.1 Å². The molecule has 2 N–H and O–H groups in total. The first kappa shape index (κ1) is 12.7. The summed E-state index contributed by atoms with van der Waals surface area (Å²) in [5.41, 5.74) is 1.16. The number of nitrogens with zero attached hydrogens (tertiary/aromatic N) is 3. The van der Waals surface area contributed by atoms with E-state index < -0.39 is 11.5 Å². The van der Waals surface area contributed by atoms with Crippen molar-refractivity contribution < 1.29 is 4.79 Å². The van der Waals surface area contributed by atoms with Crippen LogP contribution < -0.4 is 10.9 Å². The van der Waals surface area contributed by atoms with Crippen molar-refractivity contribution in [3.63, 3.8) is 0 Å². The van der Waals surface area contributed by atoms with Gasteiger partial charge in [-0.2, -0.15) is 10.3 Å². The zero-order chi connectivity index (χ0) is 13.8. The highest BCUT2D eigenvalue weighted by Crippen LogP contribution is 2.00. The van der Waals surface area contributed by atoms with E-state index in [1.54, 1.807) is 0 Å². The molecule has 0 aliphatic carbocycles. The molecule has 98 valence electrons. The zero-order valence-corrected chi connectivity index (χ0v) is 10.5. The highest BCUT2D eigenvalue weighted by molar-refractivity contribution is 5.91. The normalized spacial score (nSPS) is 10.8. The van der Waals surface area contributed by atoms with Crippen LogP contribution >= 0.6 is 0 Å². The zero-order valence-electron chi connectivity index (χ0n) is 10.5. The Labute approximate surface area is 108 Å². The van der Waals surface area contributed by atoms with Crippen molar-refractivity contribution in [1.29, 1.82) is 0 Å². The van der Waals surface area contributed by atoms with Crippen LogP contribution in [-0.2, 0) is 0 Å². The first-order valence-corrected chi connectivity index (χ1v) is 5.62. The van der Waals surface area contributed by atoms with Gasteiger partial charge in [-0.25, -0.2) is 0 Å². The van der Waals surface area contributed by atoms with Crippen LogP contribution in [0.5, 0.6) is 0 Å². The lowest BCUT2D eigenvalue weighted by Gasteiger charge is -1.94. The van der Waals surface area contributed by atoms with Crippen LogP contribution in [0.2, 0.25) is 0 Å². The Kier molecular flexibility index (Phi) is 3.56. The van der Waals surface area contributed by atoms with E-state index in [-0.39, 0.29) is 5.69 Å². The molecule has 0 radical (unpaired) electrons. The summed E-state index contributed by atoms with van der Waals surface area (Å²) in [6, 6.07) is 7.62. The number of benzene rings is 1. The van der Waals surface area contributed by atoms with Gasteiger partial charge in [0.05, 0.1) is 6.21 Å². The average molecular weight is 259 g/mol. The standard InChI is InChI=1S/C12H13N5O2/c1-8-3-5-9(6-4-8)7-14-17-12(19)10(15-16-17)11(18)13-2/h3-7,16H,1-2H3,(H,13,18). The molecule has 0 aliphatic rings. The quantitative estimate of drug-likeness (QED) is 0.767. The van der Waals surface area contributed by atoms with Gasteiger partial charge in [0.2, 0.25) is 5.69 Å². The van der Waals surface area contributed by atoms with Crippen LogP contribution in [0.1, 0.15) is 21.6 Å². The molecule has 0 atom stereocenters. The van der Waals surface area contributed by atoms with Crippen LogP contribution in [-0.4, -0.2) is 34.3 Å². The smallest absolute Gasteiger partial charge is 0.320 e. The van der Waals surface area contributed by atoms with Gasteiger partial charge in [0.1, 0.15) is 0 Å².